The Bertz CT molecular complexity index is 1200. The fourth-order valence-electron chi connectivity index (χ4n) is 5.33. The summed E-state index contributed by atoms with van der Waals surface area (Å²) in [5.41, 5.74) is 2.59. The Kier molecular flexibility index (Phi) is 4.94. The maximum Gasteiger partial charge on any atom is 0.433 e. The number of halogens is 3. The molecule has 0 radical (unpaired) electrons. The fourth-order valence-corrected chi connectivity index (χ4v) is 5.33. The summed E-state index contributed by atoms with van der Waals surface area (Å²) >= 11 is 0. The van der Waals surface area contributed by atoms with Gasteiger partial charge in [-0.2, -0.15) is 18.3 Å². The summed E-state index contributed by atoms with van der Waals surface area (Å²) in [6.07, 6.45) is 1.81. The summed E-state index contributed by atoms with van der Waals surface area (Å²) in [7, 11) is 0. The highest BCUT2D eigenvalue weighted by atomic mass is 19.4. The number of pyridine rings is 1. The van der Waals surface area contributed by atoms with Gasteiger partial charge in [0.2, 0.25) is 0 Å². The van der Waals surface area contributed by atoms with Crippen LogP contribution in [-0.4, -0.2) is 64.1 Å². The van der Waals surface area contributed by atoms with Gasteiger partial charge in [0.05, 0.1) is 37.0 Å². The molecule has 3 aromatic heterocycles. The van der Waals surface area contributed by atoms with Gasteiger partial charge in [0.1, 0.15) is 23.1 Å². The largest absolute Gasteiger partial charge is 0.433 e. The maximum absolute atomic E-state index is 12.8. The van der Waals surface area contributed by atoms with Gasteiger partial charge in [-0.25, -0.2) is 19.6 Å². The minimum atomic E-state index is -4.41. The molecule has 0 bridgehead atoms. The van der Waals surface area contributed by atoms with Crippen LogP contribution in [0, 0.1) is 12.3 Å². The van der Waals surface area contributed by atoms with Crippen LogP contribution in [0.25, 0.3) is 11.2 Å². The molecule has 3 fully saturated rings. The third-order valence-corrected chi connectivity index (χ3v) is 7.52. The van der Waals surface area contributed by atoms with E-state index in [0.29, 0.717) is 13.2 Å². The highest BCUT2D eigenvalue weighted by molar-refractivity contribution is 5.75. The zero-order valence-corrected chi connectivity index (χ0v) is 18.9. The molecule has 8 nitrogen and oxygen atoms in total. The second-order valence-electron chi connectivity index (χ2n) is 9.68. The molecule has 0 N–H and O–H groups in total. The van der Waals surface area contributed by atoms with Gasteiger partial charge in [0.25, 0.3) is 0 Å². The number of ether oxygens (including phenoxy) is 1. The van der Waals surface area contributed by atoms with Crippen molar-refractivity contribution in [3.8, 4) is 0 Å². The first-order valence-electron chi connectivity index (χ1n) is 11.6. The van der Waals surface area contributed by atoms with Crippen molar-refractivity contribution in [2.45, 2.75) is 38.4 Å². The lowest BCUT2D eigenvalue weighted by atomic mass is 9.78. The zero-order valence-electron chi connectivity index (χ0n) is 18.9. The molecule has 1 spiro atoms. The molecule has 6 rings (SSSR count). The summed E-state index contributed by atoms with van der Waals surface area (Å²) in [5, 5.41) is 4.63. The summed E-state index contributed by atoms with van der Waals surface area (Å²) in [6, 6.07) is 2.82. The lowest BCUT2D eigenvalue weighted by molar-refractivity contribution is -0.141. The molecule has 11 heteroatoms. The van der Waals surface area contributed by atoms with Gasteiger partial charge in [-0.3, -0.25) is 0 Å². The minimum Gasteiger partial charge on any atom is -0.377 e. The number of anilines is 2. The summed E-state index contributed by atoms with van der Waals surface area (Å²) in [6.45, 7) is 6.68. The van der Waals surface area contributed by atoms with Crippen LogP contribution in [0.2, 0.25) is 0 Å². The average molecular weight is 474 g/mol. The van der Waals surface area contributed by atoms with E-state index in [1.165, 1.54) is 12.3 Å². The summed E-state index contributed by atoms with van der Waals surface area (Å²) in [4.78, 5) is 17.7. The molecule has 0 unspecified atom stereocenters. The van der Waals surface area contributed by atoms with E-state index in [0.717, 1.165) is 79.9 Å². The summed E-state index contributed by atoms with van der Waals surface area (Å²) < 4.78 is 45.8. The lowest BCUT2D eigenvalue weighted by Crippen LogP contribution is -2.42. The molecule has 0 amide bonds. The van der Waals surface area contributed by atoms with Crippen molar-refractivity contribution < 1.29 is 17.9 Å². The molecule has 180 valence electrons. The van der Waals surface area contributed by atoms with Crippen LogP contribution in [-0.2, 0) is 10.9 Å². The zero-order chi connectivity index (χ0) is 23.5. The van der Waals surface area contributed by atoms with Gasteiger partial charge in [0.15, 0.2) is 5.65 Å². The van der Waals surface area contributed by atoms with E-state index in [1.807, 2.05) is 17.8 Å². The number of piperidine rings is 1. The molecule has 0 aromatic carbocycles. The van der Waals surface area contributed by atoms with Crippen LogP contribution >= 0.6 is 0 Å². The van der Waals surface area contributed by atoms with E-state index in [-0.39, 0.29) is 11.5 Å². The highest BCUT2D eigenvalue weighted by Gasteiger charge is 2.41. The van der Waals surface area contributed by atoms with Crippen molar-refractivity contribution in [1.82, 2.24) is 24.7 Å². The van der Waals surface area contributed by atoms with E-state index in [2.05, 4.69) is 24.9 Å². The van der Waals surface area contributed by atoms with Crippen molar-refractivity contribution in [3.63, 3.8) is 0 Å². The number of aromatic nitrogens is 5. The van der Waals surface area contributed by atoms with Crippen molar-refractivity contribution in [2.24, 2.45) is 5.41 Å². The highest BCUT2D eigenvalue weighted by Crippen LogP contribution is 2.43. The van der Waals surface area contributed by atoms with Gasteiger partial charge in [-0.1, -0.05) is 0 Å². The van der Waals surface area contributed by atoms with Crippen LogP contribution in [0.4, 0.5) is 24.7 Å². The first kappa shape index (κ1) is 21.6. The molecule has 0 aliphatic carbocycles. The molecule has 6 heterocycles. The second kappa shape index (κ2) is 7.79. The van der Waals surface area contributed by atoms with Gasteiger partial charge in [0, 0.05) is 26.2 Å². The van der Waals surface area contributed by atoms with Crippen LogP contribution in [0.3, 0.4) is 0 Å². The number of fused-ring (bicyclic) bond motifs is 1. The quantitative estimate of drug-likeness (QED) is 0.575. The number of hydrogen-bond acceptors (Lipinski definition) is 7. The van der Waals surface area contributed by atoms with Gasteiger partial charge in [-0.15, -0.1) is 0 Å². The van der Waals surface area contributed by atoms with E-state index in [4.69, 9.17) is 9.72 Å². The summed E-state index contributed by atoms with van der Waals surface area (Å²) in [5.74, 6) is 0.866. The lowest BCUT2D eigenvalue weighted by Gasteiger charge is -2.39. The maximum atomic E-state index is 12.8. The number of alkyl halides is 3. The van der Waals surface area contributed by atoms with E-state index >= 15 is 0 Å². The van der Waals surface area contributed by atoms with Crippen molar-refractivity contribution in [2.75, 3.05) is 49.2 Å². The van der Waals surface area contributed by atoms with Crippen molar-refractivity contribution in [3.05, 3.63) is 35.9 Å². The SMILES string of the molecule is Cc1nn(C2COC2)c2nc(N3CCC4(CCN(c5ccc(C(F)(F)F)nc5)C4)CC3)cnc12. The molecule has 3 aliphatic heterocycles. The van der Waals surface area contributed by atoms with Gasteiger partial charge in [-0.05, 0) is 43.7 Å². The standard InChI is InChI=1S/C23H26F3N7O/c1-15-20-21(33(30-15)17-12-34-13-17)29-19(11-28-20)31-7-4-22(5-8-31)6-9-32(14-22)16-2-3-18(27-10-16)23(24,25)26/h2-3,10-11,17H,4-9,12-14H2,1H3. The molecular weight excluding hydrogens is 447 g/mol. The Morgan fingerprint density at radius 3 is 2.35 bits per heavy atom. The van der Waals surface area contributed by atoms with E-state index in [1.54, 1.807) is 0 Å². The fraction of sp³-hybridized carbons (Fsp3) is 0.565. The number of aryl methyl sites for hydroxylation is 1. The Morgan fingerprint density at radius 2 is 1.74 bits per heavy atom. The van der Waals surface area contributed by atoms with E-state index < -0.39 is 11.9 Å². The van der Waals surface area contributed by atoms with Crippen LogP contribution in [0.1, 0.15) is 36.7 Å². The first-order valence-corrected chi connectivity index (χ1v) is 11.6. The van der Waals surface area contributed by atoms with Crippen LogP contribution < -0.4 is 9.80 Å². The number of rotatable bonds is 3. The predicted molar refractivity (Wildman–Crippen MR) is 120 cm³/mol. The molecule has 3 aliphatic rings. The Hall–Kier alpha value is -2.95. The Morgan fingerprint density at radius 1 is 1.00 bits per heavy atom. The van der Waals surface area contributed by atoms with Gasteiger partial charge < -0.3 is 14.5 Å². The topological polar surface area (TPSA) is 72.2 Å². The molecule has 3 saturated heterocycles. The third-order valence-electron chi connectivity index (χ3n) is 7.52. The smallest absolute Gasteiger partial charge is 0.377 e. The first-order chi connectivity index (χ1) is 16.3. The number of hydrogen-bond donors (Lipinski definition) is 0. The van der Waals surface area contributed by atoms with Crippen LogP contribution in [0.15, 0.2) is 24.5 Å². The average Bonchev–Trinajstić information content (AvgIpc) is 3.34. The third kappa shape index (κ3) is 3.66. The normalized spacial score (nSPS) is 20.9. The van der Waals surface area contributed by atoms with Gasteiger partial charge >= 0.3 is 6.18 Å². The van der Waals surface area contributed by atoms with Crippen LogP contribution in [0.5, 0.6) is 0 Å². The Labute approximate surface area is 194 Å². The molecule has 3 aromatic rings. The predicted octanol–water partition coefficient (Wildman–Crippen LogP) is 3.62. The van der Waals surface area contributed by atoms with Crippen molar-refractivity contribution >= 4 is 22.7 Å². The minimum absolute atomic E-state index is 0.165. The van der Waals surface area contributed by atoms with E-state index in [9.17, 15) is 13.2 Å². The molecule has 0 saturated carbocycles. The molecule has 34 heavy (non-hydrogen) atoms. The Balaban J connectivity index is 1.14. The molecular formula is C23H26F3N7O. The number of nitrogens with zero attached hydrogens (tertiary/aromatic N) is 7. The second-order valence-corrected chi connectivity index (χ2v) is 9.68. The van der Waals surface area contributed by atoms with Crippen molar-refractivity contribution in [1.29, 1.82) is 0 Å². The molecule has 0 atom stereocenters. The monoisotopic (exact) mass is 473 g/mol.